The Labute approximate surface area is 159 Å². The number of hydrogen-bond acceptors (Lipinski definition) is 6. The number of sulfonamides is 1. The quantitative estimate of drug-likeness (QED) is 0.697. The molecule has 0 saturated carbocycles. The number of rotatable bonds is 7. The van der Waals surface area contributed by atoms with Crippen LogP contribution in [0.3, 0.4) is 0 Å². The van der Waals surface area contributed by atoms with Gasteiger partial charge in [0.2, 0.25) is 10.0 Å². The van der Waals surface area contributed by atoms with Gasteiger partial charge in [-0.25, -0.2) is 8.42 Å². The molecule has 0 aliphatic carbocycles. The number of carbonyl (C=O) groups excluding carboxylic acids is 1. The summed E-state index contributed by atoms with van der Waals surface area (Å²) in [6, 6.07) is 9.64. The largest absolute Gasteiger partial charge is 0.497 e. The molecule has 27 heavy (non-hydrogen) atoms. The Hall–Kier alpha value is -2.42. The molecule has 0 bridgehead atoms. The van der Waals surface area contributed by atoms with Gasteiger partial charge >= 0.3 is 5.97 Å². The summed E-state index contributed by atoms with van der Waals surface area (Å²) in [7, 11) is -1.44. The Bertz CT molecular complexity index is 908. The lowest BCUT2D eigenvalue weighted by Crippen LogP contribution is -2.45. The van der Waals surface area contributed by atoms with Crippen LogP contribution in [0.2, 0.25) is 0 Å². The number of ether oxygens (including phenoxy) is 2. The average Bonchev–Trinajstić information content (AvgIpc) is 2.64. The Morgan fingerprint density at radius 1 is 1.07 bits per heavy atom. The second kappa shape index (κ2) is 8.51. The molecule has 2 aromatic rings. The number of carbonyl (C=O) groups is 1. The van der Waals surface area contributed by atoms with E-state index < -0.39 is 28.1 Å². The van der Waals surface area contributed by atoms with E-state index >= 15 is 0 Å². The van der Waals surface area contributed by atoms with Gasteiger partial charge in [-0.15, -0.1) is 0 Å². The summed E-state index contributed by atoms with van der Waals surface area (Å²) < 4.78 is 37.6. The zero-order valence-electron chi connectivity index (χ0n) is 15.6. The van der Waals surface area contributed by atoms with Crippen LogP contribution in [0.1, 0.15) is 22.8 Å². The Morgan fingerprint density at radius 3 is 2.22 bits per heavy atom. The standard InChI is InChI=1S/C19H23NO6S/c1-12-5-10-16(13(2)11-12)27(23,24)20-17(19(22)26-4)18(21)14-6-8-15(25-3)9-7-14/h5-11,17-18,20-21H,1-4H3. The van der Waals surface area contributed by atoms with E-state index in [0.29, 0.717) is 16.9 Å². The number of hydrogen-bond donors (Lipinski definition) is 2. The van der Waals surface area contributed by atoms with E-state index in [4.69, 9.17) is 4.74 Å². The maximum atomic E-state index is 12.8. The zero-order valence-corrected chi connectivity index (χ0v) is 16.4. The summed E-state index contributed by atoms with van der Waals surface area (Å²) >= 11 is 0. The highest BCUT2D eigenvalue weighted by atomic mass is 32.2. The first kappa shape index (κ1) is 20.9. The summed E-state index contributed by atoms with van der Waals surface area (Å²) in [5, 5.41) is 10.6. The Kier molecular flexibility index (Phi) is 6.59. The van der Waals surface area contributed by atoms with Crippen molar-refractivity contribution in [1.82, 2.24) is 4.72 Å². The lowest BCUT2D eigenvalue weighted by atomic mass is 10.0. The number of nitrogens with one attached hydrogen (secondary N) is 1. The van der Waals surface area contributed by atoms with Crippen molar-refractivity contribution in [2.75, 3.05) is 14.2 Å². The second-order valence-electron chi connectivity index (χ2n) is 6.11. The highest BCUT2D eigenvalue weighted by Gasteiger charge is 2.34. The lowest BCUT2D eigenvalue weighted by Gasteiger charge is -2.23. The van der Waals surface area contributed by atoms with Crippen molar-refractivity contribution in [3.05, 3.63) is 59.2 Å². The molecule has 2 N–H and O–H groups in total. The van der Waals surface area contributed by atoms with Crippen LogP contribution in [-0.4, -0.2) is 39.8 Å². The van der Waals surface area contributed by atoms with Crippen LogP contribution in [0.5, 0.6) is 5.75 Å². The molecular weight excluding hydrogens is 370 g/mol. The van der Waals surface area contributed by atoms with E-state index in [2.05, 4.69) is 9.46 Å². The number of methoxy groups -OCH3 is 2. The zero-order chi connectivity index (χ0) is 20.2. The molecule has 0 aliphatic rings. The molecule has 0 amide bonds. The van der Waals surface area contributed by atoms with E-state index in [1.165, 1.54) is 13.2 Å². The van der Waals surface area contributed by atoms with Gasteiger partial charge in [0, 0.05) is 0 Å². The summed E-state index contributed by atoms with van der Waals surface area (Å²) in [6.07, 6.45) is -1.44. The minimum absolute atomic E-state index is 0.0314. The minimum atomic E-state index is -4.06. The maximum absolute atomic E-state index is 12.8. The average molecular weight is 393 g/mol. The highest BCUT2D eigenvalue weighted by Crippen LogP contribution is 2.23. The van der Waals surface area contributed by atoms with Gasteiger partial charge in [0.15, 0.2) is 0 Å². The van der Waals surface area contributed by atoms with Crippen molar-refractivity contribution in [1.29, 1.82) is 0 Å². The molecule has 146 valence electrons. The molecule has 2 aromatic carbocycles. The molecule has 7 nitrogen and oxygen atoms in total. The molecule has 2 unspecified atom stereocenters. The van der Waals surface area contributed by atoms with Crippen molar-refractivity contribution in [2.45, 2.75) is 30.9 Å². The number of benzene rings is 2. The summed E-state index contributed by atoms with van der Waals surface area (Å²) in [6.45, 7) is 3.51. The fourth-order valence-corrected chi connectivity index (χ4v) is 4.11. The van der Waals surface area contributed by atoms with Gasteiger partial charge in [-0.3, -0.25) is 4.79 Å². The first-order chi connectivity index (χ1) is 12.7. The Morgan fingerprint density at radius 2 is 1.70 bits per heavy atom. The van der Waals surface area contributed by atoms with E-state index in [9.17, 15) is 18.3 Å². The van der Waals surface area contributed by atoms with Gasteiger partial charge in [0.05, 0.1) is 19.1 Å². The van der Waals surface area contributed by atoms with E-state index in [-0.39, 0.29) is 4.90 Å². The number of aliphatic hydroxyl groups excluding tert-OH is 1. The first-order valence-electron chi connectivity index (χ1n) is 8.19. The predicted octanol–water partition coefficient (Wildman–Crippen LogP) is 1.87. The fraction of sp³-hybridized carbons (Fsp3) is 0.316. The molecule has 0 saturated heterocycles. The second-order valence-corrected chi connectivity index (χ2v) is 7.79. The minimum Gasteiger partial charge on any atom is -0.497 e. The van der Waals surface area contributed by atoms with Gasteiger partial charge in [-0.2, -0.15) is 4.72 Å². The smallest absolute Gasteiger partial charge is 0.326 e. The third-order valence-corrected chi connectivity index (χ3v) is 5.73. The third-order valence-electron chi connectivity index (χ3n) is 4.13. The predicted molar refractivity (Wildman–Crippen MR) is 100.0 cm³/mol. The van der Waals surface area contributed by atoms with Crippen LogP contribution in [0.15, 0.2) is 47.4 Å². The molecule has 0 radical (unpaired) electrons. The SMILES string of the molecule is COC(=O)C(NS(=O)(=O)c1ccc(C)cc1C)C(O)c1ccc(OC)cc1. The lowest BCUT2D eigenvalue weighted by molar-refractivity contribution is -0.145. The van der Waals surface area contributed by atoms with Crippen molar-refractivity contribution in [3.8, 4) is 5.75 Å². The van der Waals surface area contributed by atoms with Crippen molar-refractivity contribution in [2.24, 2.45) is 0 Å². The maximum Gasteiger partial charge on any atom is 0.326 e. The summed E-state index contributed by atoms with van der Waals surface area (Å²) in [4.78, 5) is 12.2. The van der Waals surface area contributed by atoms with Gasteiger partial charge in [-0.05, 0) is 43.2 Å². The number of aliphatic hydroxyl groups is 1. The number of esters is 1. The fourth-order valence-electron chi connectivity index (χ4n) is 2.69. The van der Waals surface area contributed by atoms with Crippen LogP contribution >= 0.6 is 0 Å². The van der Waals surface area contributed by atoms with Gasteiger partial charge < -0.3 is 14.6 Å². The molecule has 0 aromatic heterocycles. The topological polar surface area (TPSA) is 102 Å². The highest BCUT2D eigenvalue weighted by molar-refractivity contribution is 7.89. The molecule has 0 aliphatic heterocycles. The number of aryl methyl sites for hydroxylation is 2. The van der Waals surface area contributed by atoms with E-state index in [1.54, 1.807) is 43.3 Å². The molecule has 2 rings (SSSR count). The first-order valence-corrected chi connectivity index (χ1v) is 9.67. The monoisotopic (exact) mass is 393 g/mol. The molecule has 0 heterocycles. The van der Waals surface area contributed by atoms with Crippen LogP contribution < -0.4 is 9.46 Å². The van der Waals surface area contributed by atoms with Gasteiger partial charge in [0.25, 0.3) is 0 Å². The van der Waals surface area contributed by atoms with Gasteiger partial charge in [-0.1, -0.05) is 29.8 Å². The molecule has 0 spiro atoms. The van der Waals surface area contributed by atoms with Crippen molar-refractivity contribution >= 4 is 16.0 Å². The van der Waals surface area contributed by atoms with E-state index in [1.807, 2.05) is 6.92 Å². The van der Waals surface area contributed by atoms with Crippen LogP contribution in [0.25, 0.3) is 0 Å². The molecule has 0 fully saturated rings. The van der Waals surface area contributed by atoms with Gasteiger partial charge in [0.1, 0.15) is 17.9 Å². The molecular formula is C19H23NO6S. The van der Waals surface area contributed by atoms with Crippen LogP contribution in [0.4, 0.5) is 0 Å². The summed E-state index contributed by atoms with van der Waals surface area (Å²) in [5.74, 6) is -0.330. The molecule has 2 atom stereocenters. The van der Waals surface area contributed by atoms with Crippen LogP contribution in [0, 0.1) is 13.8 Å². The van der Waals surface area contributed by atoms with Crippen molar-refractivity contribution in [3.63, 3.8) is 0 Å². The Balaban J connectivity index is 2.36. The van der Waals surface area contributed by atoms with Crippen molar-refractivity contribution < 1.29 is 27.8 Å². The van der Waals surface area contributed by atoms with Crippen LogP contribution in [-0.2, 0) is 19.6 Å². The normalized spacial score (nSPS) is 13.7. The molecule has 8 heteroatoms. The summed E-state index contributed by atoms with van der Waals surface area (Å²) in [5.41, 5.74) is 1.79. The van der Waals surface area contributed by atoms with E-state index in [0.717, 1.165) is 12.7 Å². The third kappa shape index (κ3) is 4.85.